The molecule has 0 aliphatic carbocycles. The maximum atomic E-state index is 11.3. The number of carboxylic acids is 2. The molecule has 1 aromatic carbocycles. The Kier molecular flexibility index (Phi) is 5.52. The molecule has 29 heavy (non-hydrogen) atoms. The van der Waals surface area contributed by atoms with Gasteiger partial charge < -0.3 is 20.2 Å². The van der Waals surface area contributed by atoms with Crippen molar-refractivity contribution in [2.45, 2.75) is 4.34 Å². The second-order valence-electron chi connectivity index (χ2n) is 5.15. The molecule has 0 spiro atoms. The minimum atomic E-state index is -1.37. The number of carbonyl (C=O) groups is 2. The predicted molar refractivity (Wildman–Crippen MR) is 101 cm³/mol. The van der Waals surface area contributed by atoms with E-state index in [1.807, 2.05) is 6.26 Å². The third-order valence-electron chi connectivity index (χ3n) is 3.39. The van der Waals surface area contributed by atoms with Crippen molar-refractivity contribution in [1.29, 1.82) is 0 Å². The Bertz CT molecular complexity index is 1160. The SMILES string of the molecule is [C-]#[N+]c1nn(-c2cc(C(=O)O)cc(C(=O)O)c2)c(O)c1/N=N/c1nnc(SC)s1. The number of aromatic hydroxyl groups is 1. The zero-order chi connectivity index (χ0) is 21.1. The van der Waals surface area contributed by atoms with Gasteiger partial charge in [-0.3, -0.25) is 0 Å². The van der Waals surface area contributed by atoms with Gasteiger partial charge >= 0.3 is 17.8 Å². The van der Waals surface area contributed by atoms with E-state index in [0.29, 0.717) is 4.34 Å². The van der Waals surface area contributed by atoms with Crippen molar-refractivity contribution in [2.24, 2.45) is 10.2 Å². The number of nitrogens with zero attached hydrogens (tertiary/aromatic N) is 7. The largest absolute Gasteiger partial charge is 0.491 e. The number of thioether (sulfide) groups is 1. The number of hydrogen-bond donors (Lipinski definition) is 3. The second-order valence-corrected chi connectivity index (χ2v) is 7.16. The standard InChI is InChI=1S/C15H9N7O5S2/c1-16-10-9(17-18-14-19-20-15(28-2)29-14)11(23)22(21-10)8-4-6(12(24)25)3-7(5-8)13(26)27/h3-5,23H,2H3,(H,24,25)(H,26,27)/b18-17+. The van der Waals surface area contributed by atoms with Gasteiger partial charge in [-0.05, 0) is 29.6 Å². The van der Waals surface area contributed by atoms with Gasteiger partial charge in [0.2, 0.25) is 5.88 Å². The fourth-order valence-corrected chi connectivity index (χ4v) is 3.21. The van der Waals surface area contributed by atoms with E-state index in [1.165, 1.54) is 11.8 Å². The lowest BCUT2D eigenvalue weighted by Crippen LogP contribution is -2.06. The van der Waals surface area contributed by atoms with Crippen LogP contribution in [0.3, 0.4) is 0 Å². The maximum Gasteiger partial charge on any atom is 0.335 e. The molecule has 0 atom stereocenters. The molecule has 146 valence electrons. The highest BCUT2D eigenvalue weighted by Gasteiger charge is 2.23. The number of benzene rings is 1. The van der Waals surface area contributed by atoms with Gasteiger partial charge in [-0.15, -0.1) is 20.0 Å². The molecule has 0 aliphatic heterocycles. The Labute approximate surface area is 170 Å². The summed E-state index contributed by atoms with van der Waals surface area (Å²) in [7, 11) is 0. The molecule has 3 rings (SSSR count). The van der Waals surface area contributed by atoms with Gasteiger partial charge in [-0.2, -0.15) is 5.11 Å². The number of azo groups is 1. The Morgan fingerprint density at radius 1 is 1.17 bits per heavy atom. The third kappa shape index (κ3) is 4.05. The molecule has 3 N–H and O–H groups in total. The van der Waals surface area contributed by atoms with E-state index in [0.717, 1.165) is 34.2 Å². The van der Waals surface area contributed by atoms with Crippen molar-refractivity contribution < 1.29 is 24.9 Å². The topological polar surface area (TPSA) is 168 Å². The summed E-state index contributed by atoms with van der Waals surface area (Å²) < 4.78 is 1.46. The fourth-order valence-electron chi connectivity index (χ4n) is 2.13. The Hall–Kier alpha value is -3.83. The Morgan fingerprint density at radius 2 is 1.83 bits per heavy atom. The minimum Gasteiger partial charge on any atom is -0.491 e. The van der Waals surface area contributed by atoms with Crippen molar-refractivity contribution >= 4 is 51.7 Å². The van der Waals surface area contributed by atoms with Crippen LogP contribution in [0.1, 0.15) is 20.7 Å². The third-order valence-corrected chi connectivity index (χ3v) is 5.17. The van der Waals surface area contributed by atoms with Gasteiger partial charge in [0.15, 0.2) is 10.0 Å². The van der Waals surface area contributed by atoms with Crippen LogP contribution in [-0.2, 0) is 0 Å². The summed E-state index contributed by atoms with van der Waals surface area (Å²) in [6.45, 7) is 7.21. The molecule has 14 heteroatoms. The van der Waals surface area contributed by atoms with Crippen molar-refractivity contribution in [1.82, 2.24) is 20.0 Å². The first-order valence-electron chi connectivity index (χ1n) is 7.44. The summed E-state index contributed by atoms with van der Waals surface area (Å²) in [5, 5.41) is 48.1. The number of aromatic carboxylic acids is 2. The Morgan fingerprint density at radius 3 is 2.34 bits per heavy atom. The summed E-state index contributed by atoms with van der Waals surface area (Å²) in [4.78, 5) is 25.7. The minimum absolute atomic E-state index is 0.0771. The van der Waals surface area contributed by atoms with E-state index in [9.17, 15) is 24.9 Å². The molecule has 0 saturated heterocycles. The lowest BCUT2D eigenvalue weighted by molar-refractivity contribution is 0.0696. The lowest BCUT2D eigenvalue weighted by atomic mass is 10.1. The van der Waals surface area contributed by atoms with Crippen LogP contribution in [0.2, 0.25) is 0 Å². The molecular weight excluding hydrogens is 422 g/mol. The maximum absolute atomic E-state index is 11.3. The van der Waals surface area contributed by atoms with E-state index in [4.69, 9.17) is 6.57 Å². The highest BCUT2D eigenvalue weighted by atomic mass is 32.2. The van der Waals surface area contributed by atoms with Crippen molar-refractivity contribution in [3.63, 3.8) is 0 Å². The molecule has 0 fully saturated rings. The zero-order valence-electron chi connectivity index (χ0n) is 14.3. The van der Waals surface area contributed by atoms with E-state index in [2.05, 4.69) is 30.4 Å². The predicted octanol–water partition coefficient (Wildman–Crippen LogP) is 3.51. The van der Waals surface area contributed by atoms with Gasteiger partial charge in [0.05, 0.1) is 16.8 Å². The van der Waals surface area contributed by atoms with Crippen LogP contribution in [0.15, 0.2) is 32.8 Å². The van der Waals surface area contributed by atoms with E-state index < -0.39 is 17.8 Å². The van der Waals surface area contributed by atoms with Gasteiger partial charge in [0.1, 0.15) is 0 Å². The van der Waals surface area contributed by atoms with Crippen LogP contribution >= 0.6 is 23.1 Å². The van der Waals surface area contributed by atoms with Gasteiger partial charge in [0.25, 0.3) is 5.13 Å². The molecule has 0 bridgehead atoms. The normalized spacial score (nSPS) is 10.9. The van der Waals surface area contributed by atoms with Gasteiger partial charge in [-0.25, -0.2) is 9.59 Å². The Balaban J connectivity index is 2.09. The van der Waals surface area contributed by atoms with Crippen molar-refractivity contribution in [3.8, 4) is 11.6 Å². The summed E-state index contributed by atoms with van der Waals surface area (Å²) in [5.41, 5.74) is -1.02. The second kappa shape index (κ2) is 8.04. The molecule has 0 unspecified atom stereocenters. The van der Waals surface area contributed by atoms with Crippen LogP contribution in [0.5, 0.6) is 5.88 Å². The number of rotatable bonds is 6. The molecular formula is C15H9N7O5S2. The molecule has 0 saturated carbocycles. The van der Waals surface area contributed by atoms with Crippen LogP contribution in [0.4, 0.5) is 16.6 Å². The monoisotopic (exact) mass is 431 g/mol. The van der Waals surface area contributed by atoms with Crippen LogP contribution in [-0.4, -0.2) is 53.5 Å². The zero-order valence-corrected chi connectivity index (χ0v) is 16.0. The average molecular weight is 431 g/mol. The molecule has 2 aromatic heterocycles. The fraction of sp³-hybridized carbons (Fsp3) is 0.0667. The summed E-state index contributed by atoms with van der Waals surface area (Å²) >= 11 is 2.51. The summed E-state index contributed by atoms with van der Waals surface area (Å²) in [6.07, 6.45) is 1.81. The first kappa shape index (κ1) is 19.9. The van der Waals surface area contributed by atoms with Crippen molar-refractivity contribution in [2.75, 3.05) is 6.26 Å². The smallest absolute Gasteiger partial charge is 0.335 e. The first-order valence-corrected chi connectivity index (χ1v) is 9.49. The highest BCUT2D eigenvalue weighted by molar-refractivity contribution is 8.00. The summed E-state index contributed by atoms with van der Waals surface area (Å²) in [6, 6.07) is 3.17. The number of aromatic nitrogens is 4. The quantitative estimate of drug-likeness (QED) is 0.300. The molecule has 2 heterocycles. The van der Waals surface area contributed by atoms with Crippen LogP contribution in [0, 0.1) is 6.57 Å². The van der Waals surface area contributed by atoms with Crippen LogP contribution in [0.25, 0.3) is 10.5 Å². The molecule has 0 aliphatic rings. The number of hydrogen-bond acceptors (Lipinski definition) is 10. The molecule has 3 aromatic rings. The summed E-state index contributed by atoms with van der Waals surface area (Å²) in [5.74, 6) is -3.67. The molecule has 0 amide bonds. The molecule has 12 nitrogen and oxygen atoms in total. The highest BCUT2D eigenvalue weighted by Crippen LogP contribution is 2.40. The van der Waals surface area contributed by atoms with E-state index in [-0.39, 0.29) is 33.5 Å². The van der Waals surface area contributed by atoms with Gasteiger partial charge in [0, 0.05) is 0 Å². The first-order chi connectivity index (χ1) is 13.8. The van der Waals surface area contributed by atoms with E-state index in [1.54, 1.807) is 0 Å². The van der Waals surface area contributed by atoms with E-state index >= 15 is 0 Å². The van der Waals surface area contributed by atoms with Gasteiger partial charge in [-0.1, -0.05) is 29.7 Å². The molecule has 0 radical (unpaired) electrons. The number of carboxylic acid groups (broad SMARTS) is 2. The van der Waals surface area contributed by atoms with Crippen LogP contribution < -0.4 is 0 Å². The lowest BCUT2D eigenvalue weighted by Gasteiger charge is -2.04. The van der Waals surface area contributed by atoms with Crippen molar-refractivity contribution in [3.05, 3.63) is 40.7 Å². The average Bonchev–Trinajstić information content (AvgIpc) is 3.29.